The van der Waals surface area contributed by atoms with Gasteiger partial charge in [0.05, 0.1) is 23.7 Å². The van der Waals surface area contributed by atoms with Crippen molar-refractivity contribution in [3.8, 4) is 0 Å². The van der Waals surface area contributed by atoms with Crippen molar-refractivity contribution in [3.63, 3.8) is 0 Å². The number of halogens is 1. The van der Waals surface area contributed by atoms with Crippen LogP contribution in [-0.4, -0.2) is 60.3 Å². The minimum absolute atomic E-state index is 0.335. The van der Waals surface area contributed by atoms with Crippen LogP contribution in [0, 0.1) is 5.82 Å². The van der Waals surface area contributed by atoms with Crippen molar-refractivity contribution in [2.75, 3.05) is 26.3 Å². The fourth-order valence-corrected chi connectivity index (χ4v) is 3.22. The highest BCUT2D eigenvalue weighted by Crippen LogP contribution is 2.21. The molecule has 3 N–H and O–H groups in total. The zero-order chi connectivity index (χ0) is 15.3. The van der Waals surface area contributed by atoms with Crippen LogP contribution < -0.4 is 0 Å². The van der Waals surface area contributed by atoms with Crippen LogP contribution in [0.5, 0.6) is 0 Å². The van der Waals surface area contributed by atoms with E-state index in [2.05, 4.69) is 0 Å². The third-order valence-electron chi connectivity index (χ3n) is 2.49. The van der Waals surface area contributed by atoms with Gasteiger partial charge >= 0.3 is 5.97 Å². The Labute approximate surface area is 114 Å². The van der Waals surface area contributed by atoms with Gasteiger partial charge in [0.15, 0.2) is 0 Å². The number of hydrogen-bond acceptors (Lipinski definition) is 5. The maximum Gasteiger partial charge on any atom is 0.337 e. The lowest BCUT2D eigenvalue weighted by Gasteiger charge is -2.21. The van der Waals surface area contributed by atoms with E-state index < -0.39 is 45.5 Å². The van der Waals surface area contributed by atoms with Gasteiger partial charge in [-0.2, -0.15) is 4.31 Å². The molecule has 0 radical (unpaired) electrons. The van der Waals surface area contributed by atoms with Gasteiger partial charge in [-0.25, -0.2) is 17.6 Å². The van der Waals surface area contributed by atoms with E-state index in [-0.39, 0.29) is 13.1 Å². The molecular formula is C11H14FNO6S. The quantitative estimate of drug-likeness (QED) is 0.625. The van der Waals surface area contributed by atoms with E-state index in [1.807, 2.05) is 0 Å². The second-order valence-electron chi connectivity index (χ2n) is 3.80. The molecule has 0 fully saturated rings. The summed E-state index contributed by atoms with van der Waals surface area (Å²) in [6, 6.07) is 2.28. The number of aliphatic hydroxyl groups excluding tert-OH is 2. The maximum absolute atomic E-state index is 13.2. The Bertz CT molecular complexity index is 583. The Morgan fingerprint density at radius 2 is 1.75 bits per heavy atom. The molecule has 1 aromatic rings. The lowest BCUT2D eigenvalue weighted by atomic mass is 10.2. The van der Waals surface area contributed by atoms with Gasteiger partial charge in [0.1, 0.15) is 5.82 Å². The molecule has 0 saturated carbocycles. The zero-order valence-electron chi connectivity index (χ0n) is 10.4. The van der Waals surface area contributed by atoms with Gasteiger partial charge in [-0.15, -0.1) is 0 Å². The standard InChI is InChI=1S/C11H14FNO6S/c12-8-1-2-9(11(16)17)10(7-8)20(18,19)13(3-5-14)4-6-15/h1-2,7,14-15H,3-6H2,(H,16,17). The molecule has 0 unspecified atom stereocenters. The Morgan fingerprint density at radius 1 is 1.20 bits per heavy atom. The molecule has 0 heterocycles. The van der Waals surface area contributed by atoms with Crippen LogP contribution in [0.1, 0.15) is 10.4 Å². The number of carboxylic acids is 1. The molecule has 0 saturated heterocycles. The van der Waals surface area contributed by atoms with Crippen molar-refractivity contribution in [1.29, 1.82) is 0 Å². The molecule has 20 heavy (non-hydrogen) atoms. The fraction of sp³-hybridized carbons (Fsp3) is 0.364. The van der Waals surface area contributed by atoms with Crippen molar-refractivity contribution in [1.82, 2.24) is 4.31 Å². The number of carboxylic acid groups (broad SMARTS) is 1. The number of sulfonamides is 1. The summed E-state index contributed by atoms with van der Waals surface area (Å²) in [6.07, 6.45) is 0. The molecule has 0 aliphatic rings. The molecule has 112 valence electrons. The molecule has 0 spiro atoms. The molecule has 1 rings (SSSR count). The normalized spacial score (nSPS) is 11.8. The third kappa shape index (κ3) is 3.51. The summed E-state index contributed by atoms with van der Waals surface area (Å²) in [5, 5.41) is 26.6. The molecule has 7 nitrogen and oxygen atoms in total. The molecule has 9 heteroatoms. The van der Waals surface area contributed by atoms with Gasteiger partial charge < -0.3 is 15.3 Å². The minimum Gasteiger partial charge on any atom is -0.478 e. The van der Waals surface area contributed by atoms with Crippen LogP contribution in [0.3, 0.4) is 0 Å². The first kappa shape index (κ1) is 16.5. The van der Waals surface area contributed by atoms with Crippen LogP contribution in [-0.2, 0) is 10.0 Å². The first-order valence-corrected chi connectivity index (χ1v) is 7.03. The topological polar surface area (TPSA) is 115 Å². The summed E-state index contributed by atoms with van der Waals surface area (Å²) < 4.78 is 38.4. The fourth-order valence-electron chi connectivity index (χ4n) is 1.60. The highest BCUT2D eigenvalue weighted by molar-refractivity contribution is 7.89. The third-order valence-corrected chi connectivity index (χ3v) is 4.43. The molecule has 0 atom stereocenters. The number of aliphatic hydroxyl groups is 2. The van der Waals surface area contributed by atoms with Crippen molar-refractivity contribution < 1.29 is 32.9 Å². The number of nitrogens with zero attached hydrogens (tertiary/aromatic N) is 1. The molecular weight excluding hydrogens is 293 g/mol. The summed E-state index contributed by atoms with van der Waals surface area (Å²) in [4.78, 5) is 10.3. The van der Waals surface area contributed by atoms with E-state index in [1.54, 1.807) is 0 Å². The monoisotopic (exact) mass is 307 g/mol. The Balaban J connectivity index is 3.39. The second kappa shape index (κ2) is 6.75. The van der Waals surface area contributed by atoms with E-state index in [0.717, 1.165) is 12.1 Å². The lowest BCUT2D eigenvalue weighted by molar-refractivity contribution is 0.0692. The summed E-state index contributed by atoms with van der Waals surface area (Å²) in [6.45, 7) is -1.70. The first-order chi connectivity index (χ1) is 9.34. The van der Waals surface area contributed by atoms with E-state index in [4.69, 9.17) is 15.3 Å². The molecule has 0 aliphatic carbocycles. The SMILES string of the molecule is O=C(O)c1ccc(F)cc1S(=O)(=O)N(CCO)CCO. The van der Waals surface area contributed by atoms with Crippen LogP contribution in [0.15, 0.2) is 23.1 Å². The summed E-state index contributed by atoms with van der Waals surface area (Å²) in [5.41, 5.74) is -0.577. The predicted molar refractivity (Wildman–Crippen MR) is 66.3 cm³/mol. The second-order valence-corrected chi connectivity index (χ2v) is 5.70. The maximum atomic E-state index is 13.2. The van der Waals surface area contributed by atoms with E-state index in [1.165, 1.54) is 0 Å². The molecule has 0 bridgehead atoms. The van der Waals surface area contributed by atoms with Crippen LogP contribution in [0.4, 0.5) is 4.39 Å². The summed E-state index contributed by atoms with van der Waals surface area (Å²) >= 11 is 0. The minimum atomic E-state index is -4.33. The van der Waals surface area contributed by atoms with Gasteiger partial charge in [0.25, 0.3) is 0 Å². The van der Waals surface area contributed by atoms with Gasteiger partial charge in [-0.1, -0.05) is 0 Å². The van der Waals surface area contributed by atoms with Gasteiger partial charge in [-0.3, -0.25) is 0 Å². The number of aromatic carboxylic acids is 1. The Morgan fingerprint density at radius 3 is 2.20 bits per heavy atom. The van der Waals surface area contributed by atoms with Crippen molar-refractivity contribution in [2.24, 2.45) is 0 Å². The van der Waals surface area contributed by atoms with Crippen molar-refractivity contribution in [2.45, 2.75) is 4.90 Å². The van der Waals surface area contributed by atoms with Crippen molar-refractivity contribution >= 4 is 16.0 Å². The van der Waals surface area contributed by atoms with Crippen LogP contribution in [0.2, 0.25) is 0 Å². The van der Waals surface area contributed by atoms with Gasteiger partial charge in [-0.05, 0) is 18.2 Å². The average Bonchev–Trinajstić information content (AvgIpc) is 2.38. The van der Waals surface area contributed by atoms with E-state index in [0.29, 0.717) is 10.4 Å². The summed E-state index contributed by atoms with van der Waals surface area (Å²) in [7, 11) is -4.33. The summed E-state index contributed by atoms with van der Waals surface area (Å²) in [5.74, 6) is -2.42. The highest BCUT2D eigenvalue weighted by atomic mass is 32.2. The Hall–Kier alpha value is -1.55. The van der Waals surface area contributed by atoms with Crippen LogP contribution in [0.25, 0.3) is 0 Å². The van der Waals surface area contributed by atoms with E-state index >= 15 is 0 Å². The smallest absolute Gasteiger partial charge is 0.337 e. The number of rotatable bonds is 7. The molecule has 0 aliphatic heterocycles. The first-order valence-electron chi connectivity index (χ1n) is 5.59. The Kier molecular flexibility index (Phi) is 5.57. The number of benzene rings is 1. The molecule has 0 amide bonds. The number of hydrogen-bond donors (Lipinski definition) is 3. The molecule has 1 aromatic carbocycles. The molecule has 0 aromatic heterocycles. The van der Waals surface area contributed by atoms with Gasteiger partial charge in [0, 0.05) is 13.1 Å². The van der Waals surface area contributed by atoms with Gasteiger partial charge in [0.2, 0.25) is 10.0 Å². The largest absolute Gasteiger partial charge is 0.478 e. The predicted octanol–water partition coefficient (Wildman–Crippen LogP) is -0.501. The number of carbonyl (C=O) groups is 1. The van der Waals surface area contributed by atoms with E-state index in [9.17, 15) is 17.6 Å². The zero-order valence-corrected chi connectivity index (χ0v) is 11.2. The van der Waals surface area contributed by atoms with Crippen LogP contribution >= 0.6 is 0 Å². The highest BCUT2D eigenvalue weighted by Gasteiger charge is 2.29. The average molecular weight is 307 g/mol. The lowest BCUT2D eigenvalue weighted by Crippen LogP contribution is -2.36. The van der Waals surface area contributed by atoms with Crippen molar-refractivity contribution in [3.05, 3.63) is 29.6 Å².